The smallest absolute Gasteiger partial charge is 0.173 e. The molecule has 6 aromatic carbocycles. The van der Waals surface area contributed by atoms with Crippen molar-refractivity contribution in [2.45, 2.75) is 107 Å². The summed E-state index contributed by atoms with van der Waals surface area (Å²) >= 11 is 5.92. The zero-order valence-corrected chi connectivity index (χ0v) is 43.2. The van der Waals surface area contributed by atoms with Gasteiger partial charge in [-0.15, -0.1) is 0 Å². The van der Waals surface area contributed by atoms with Crippen LogP contribution in [0, 0.1) is 27.7 Å². The number of benzene rings is 6. The molecule has 0 bridgehead atoms. The zero-order chi connectivity index (χ0) is 49.8. The Morgan fingerprint density at radius 3 is 1.14 bits per heavy atom. The molecule has 0 fully saturated rings. The molecule has 0 aliphatic carbocycles. The average molecular weight is 938 g/mol. The highest BCUT2D eigenvalue weighted by atomic mass is 35.5. The second-order valence-electron chi connectivity index (χ2n) is 19.0. The van der Waals surface area contributed by atoms with Crippen LogP contribution in [0.5, 0.6) is 0 Å². The molecule has 0 atom stereocenters. The summed E-state index contributed by atoms with van der Waals surface area (Å²) in [5.41, 5.74) is 25.2. The van der Waals surface area contributed by atoms with Gasteiger partial charge in [-0.1, -0.05) is 140 Å². The minimum atomic E-state index is 0.377. The van der Waals surface area contributed by atoms with Gasteiger partial charge in [-0.3, -0.25) is 0 Å². The van der Waals surface area contributed by atoms with Gasteiger partial charge in [0.2, 0.25) is 0 Å². The fourth-order valence-electron chi connectivity index (χ4n) is 8.65. The lowest BCUT2D eigenvalue weighted by Crippen LogP contribution is -2.03. The molecule has 0 saturated heterocycles. The van der Waals surface area contributed by atoms with Crippen LogP contribution >= 0.6 is 11.6 Å². The van der Waals surface area contributed by atoms with E-state index in [4.69, 9.17) is 17.3 Å². The van der Waals surface area contributed by atoms with E-state index in [1.165, 1.54) is 66.8 Å². The van der Waals surface area contributed by atoms with Crippen LogP contribution in [0.4, 0.5) is 40.2 Å². The third-order valence-corrected chi connectivity index (χ3v) is 11.9. The fraction of sp³-hybridized carbons (Fsp3) is 0.267. The Hall–Kier alpha value is -7.03. The van der Waals surface area contributed by atoms with Gasteiger partial charge in [0.15, 0.2) is 22.6 Å². The van der Waals surface area contributed by atoms with E-state index in [1.807, 2.05) is 24.3 Å². The molecule has 0 aliphatic heterocycles. The Bertz CT molecular complexity index is 2880. The van der Waals surface area contributed by atoms with Crippen LogP contribution in [0.15, 0.2) is 146 Å². The van der Waals surface area contributed by atoms with Gasteiger partial charge in [0.25, 0.3) is 0 Å². The van der Waals surface area contributed by atoms with Crippen LogP contribution in [0.3, 0.4) is 0 Å². The summed E-state index contributed by atoms with van der Waals surface area (Å²) in [7, 11) is 0. The van der Waals surface area contributed by atoms with E-state index in [1.54, 1.807) is 24.8 Å². The van der Waals surface area contributed by atoms with Crippen molar-refractivity contribution in [1.29, 1.82) is 0 Å². The molecule has 69 heavy (non-hydrogen) atoms. The lowest BCUT2D eigenvalue weighted by Gasteiger charge is -2.20. The summed E-state index contributed by atoms with van der Waals surface area (Å²) in [6, 6.07) is 42.7. The largest absolute Gasteiger partial charge is 0.399 e. The van der Waals surface area contributed by atoms with Crippen molar-refractivity contribution in [2.24, 2.45) is 0 Å². The van der Waals surface area contributed by atoms with E-state index >= 15 is 0 Å². The Morgan fingerprint density at radius 1 is 0.391 bits per heavy atom. The van der Waals surface area contributed by atoms with Crippen molar-refractivity contribution < 1.29 is 0 Å². The monoisotopic (exact) mass is 937 g/mol. The molecular weight excluding hydrogens is 868 g/mol. The Labute approximate surface area is 416 Å². The zero-order valence-electron chi connectivity index (χ0n) is 42.4. The molecular formula is C60H69ClN8. The maximum Gasteiger partial charge on any atom is 0.173 e. The van der Waals surface area contributed by atoms with Gasteiger partial charge >= 0.3 is 0 Å². The maximum atomic E-state index is 5.95. The second kappa shape index (κ2) is 23.8. The van der Waals surface area contributed by atoms with Crippen molar-refractivity contribution in [3.63, 3.8) is 0 Å². The first-order chi connectivity index (χ1) is 33.0. The van der Waals surface area contributed by atoms with Gasteiger partial charge in [-0.25, -0.2) is 19.9 Å². The molecule has 9 heteroatoms. The average Bonchev–Trinajstić information content (AvgIpc) is 3.29. The normalized spacial score (nSPS) is 11.0. The number of nitrogens with zero attached hydrogens (tertiary/aromatic N) is 4. The van der Waals surface area contributed by atoms with Crippen LogP contribution in [0.1, 0.15) is 124 Å². The van der Waals surface area contributed by atoms with E-state index in [0.29, 0.717) is 46.3 Å². The Morgan fingerprint density at radius 2 is 0.739 bits per heavy atom. The van der Waals surface area contributed by atoms with E-state index in [9.17, 15) is 0 Å². The molecule has 356 valence electrons. The van der Waals surface area contributed by atoms with Crippen molar-refractivity contribution in [3.05, 3.63) is 196 Å². The number of nitrogens with one attached hydrogen (secondary N) is 3. The minimum Gasteiger partial charge on any atom is -0.399 e. The van der Waals surface area contributed by atoms with Gasteiger partial charge in [-0.05, 0) is 167 Å². The number of rotatable bonds is 12. The highest BCUT2D eigenvalue weighted by molar-refractivity contribution is 6.31. The number of hydrogen-bond donors (Lipinski definition) is 4. The first-order valence-corrected chi connectivity index (χ1v) is 24.3. The predicted molar refractivity (Wildman–Crippen MR) is 295 cm³/mol. The molecule has 5 N–H and O–H groups in total. The van der Waals surface area contributed by atoms with E-state index in [-0.39, 0.29) is 0 Å². The molecule has 2 aromatic heterocycles. The molecule has 0 spiro atoms. The van der Waals surface area contributed by atoms with E-state index < -0.39 is 0 Å². The maximum absolute atomic E-state index is 5.95. The van der Waals surface area contributed by atoms with Gasteiger partial charge < -0.3 is 21.7 Å². The van der Waals surface area contributed by atoms with Crippen LogP contribution in [0.2, 0.25) is 5.15 Å². The predicted octanol–water partition coefficient (Wildman–Crippen LogP) is 17.2. The Kier molecular flexibility index (Phi) is 17.7. The van der Waals surface area contributed by atoms with Gasteiger partial charge in [0.1, 0.15) is 0 Å². The minimum absolute atomic E-state index is 0.377. The third-order valence-electron chi connectivity index (χ3n) is 11.7. The summed E-state index contributed by atoms with van der Waals surface area (Å²) in [5.74, 6) is 3.88. The Balaban J connectivity index is 0.000000188. The fourth-order valence-corrected chi connectivity index (χ4v) is 8.80. The number of aromatic nitrogens is 4. The molecule has 2 heterocycles. The number of aryl methyl sites for hydroxylation is 4. The lowest BCUT2D eigenvalue weighted by molar-refractivity contribution is 0.838. The summed E-state index contributed by atoms with van der Waals surface area (Å²) in [6.07, 6.45) is 6.59. The summed E-state index contributed by atoms with van der Waals surface area (Å²) in [5, 5.41) is 10.5. The number of nitrogen functional groups attached to an aromatic ring is 1. The topological polar surface area (TPSA) is 114 Å². The summed E-state index contributed by atoms with van der Waals surface area (Å²) in [6.45, 7) is 26.3. The van der Waals surface area contributed by atoms with Gasteiger partial charge in [0, 0.05) is 47.5 Å². The SMILES string of the molecule is CC(C)c1cccc(C(C)C)c1-c1cccc(N)c1.Cc1cc(C)cc(Nc2nccnc2Cl)c1.Cc1cc(C)cc(Nc2nccnc2Nc2cccc(-c3c(C(C)C)cccc3C(C)C)c2)c1. The number of hydrogen-bond acceptors (Lipinski definition) is 8. The van der Waals surface area contributed by atoms with Gasteiger partial charge in [0.05, 0.1) is 0 Å². The van der Waals surface area contributed by atoms with Crippen molar-refractivity contribution >= 4 is 51.8 Å². The van der Waals surface area contributed by atoms with E-state index in [0.717, 1.165) is 22.7 Å². The molecule has 8 nitrogen and oxygen atoms in total. The quantitative estimate of drug-likeness (QED) is 0.0896. The highest BCUT2D eigenvalue weighted by Crippen LogP contribution is 2.39. The first kappa shape index (κ1) is 51.4. The molecule has 8 aromatic rings. The number of nitrogens with two attached hydrogens (primary N) is 1. The van der Waals surface area contributed by atoms with Crippen LogP contribution in [-0.4, -0.2) is 19.9 Å². The third kappa shape index (κ3) is 14.0. The molecule has 0 unspecified atom stereocenters. The molecule has 0 amide bonds. The van der Waals surface area contributed by atoms with Crippen LogP contribution < -0.4 is 21.7 Å². The van der Waals surface area contributed by atoms with Crippen molar-refractivity contribution in [3.8, 4) is 22.3 Å². The number of anilines is 7. The highest BCUT2D eigenvalue weighted by Gasteiger charge is 2.18. The first-order valence-electron chi connectivity index (χ1n) is 23.9. The van der Waals surface area contributed by atoms with Crippen molar-refractivity contribution in [2.75, 3.05) is 21.7 Å². The number of halogens is 1. The molecule has 8 rings (SSSR count). The molecule has 0 saturated carbocycles. The van der Waals surface area contributed by atoms with Crippen LogP contribution in [0.25, 0.3) is 22.3 Å². The molecule has 0 aliphatic rings. The van der Waals surface area contributed by atoms with Crippen LogP contribution in [-0.2, 0) is 0 Å². The molecule has 0 radical (unpaired) electrons. The standard InChI is InChI=1S/C30H34N4.C18H23N.C12H12ClN3/c1-19(2)26-11-8-12-27(20(3)4)28(26)23-9-7-10-24(18-23)33-29-30(32-14-13-31-29)34-25-16-21(5)15-22(6)17-25;1-12(2)16-9-6-10-17(13(3)4)18(16)14-7-5-8-15(19)11-14;1-8-5-9(2)7-10(6-8)16-12-11(13)14-3-4-15-12/h7-20H,1-6H3,(H,31,33)(H,32,34);5-13H,19H2,1-4H3;3-7H,1-2H3,(H,15,16). The summed E-state index contributed by atoms with van der Waals surface area (Å²) in [4.78, 5) is 17.2. The second-order valence-corrected chi connectivity index (χ2v) is 19.4. The van der Waals surface area contributed by atoms with Crippen molar-refractivity contribution in [1.82, 2.24) is 19.9 Å². The summed E-state index contributed by atoms with van der Waals surface area (Å²) < 4.78 is 0. The van der Waals surface area contributed by atoms with Gasteiger partial charge in [-0.2, -0.15) is 0 Å². The lowest BCUT2D eigenvalue weighted by atomic mass is 9.85. The van der Waals surface area contributed by atoms with E-state index in [2.05, 4.69) is 216 Å².